The number of aryl methyl sites for hydroxylation is 1. The summed E-state index contributed by atoms with van der Waals surface area (Å²) >= 11 is 5.98. The number of amides is 1. The van der Waals surface area contributed by atoms with Gasteiger partial charge in [0.1, 0.15) is 0 Å². The van der Waals surface area contributed by atoms with Crippen molar-refractivity contribution in [3.05, 3.63) is 82.9 Å². The number of carbonyl (C=O) groups excluding carboxylic acids is 1. The van der Waals surface area contributed by atoms with E-state index < -0.39 is 0 Å². The van der Waals surface area contributed by atoms with Gasteiger partial charge in [0.05, 0.1) is 6.33 Å². The topological polar surface area (TPSA) is 46.9 Å². The molecule has 3 aromatic rings. The Bertz CT molecular complexity index is 811. The highest BCUT2D eigenvalue weighted by atomic mass is 35.5. The minimum Gasteiger partial charge on any atom is -0.333 e. The maximum Gasteiger partial charge on any atom is 0.255 e. The van der Waals surface area contributed by atoms with Gasteiger partial charge >= 0.3 is 0 Å². The standard InChI is InChI=1S/C18H16ClN3O/c1-13-2-7-16(19)10-17(13)21-18(23)15-5-3-14(4-6-15)11-22-9-8-20-12-22/h2-10,12H,11H2,1H3,(H,21,23). The van der Waals surface area contributed by atoms with Gasteiger partial charge in [-0.05, 0) is 42.3 Å². The first kappa shape index (κ1) is 15.3. The summed E-state index contributed by atoms with van der Waals surface area (Å²) in [4.78, 5) is 16.4. The van der Waals surface area contributed by atoms with E-state index in [1.165, 1.54) is 0 Å². The van der Waals surface area contributed by atoms with Gasteiger partial charge in [0.15, 0.2) is 0 Å². The zero-order valence-corrected chi connectivity index (χ0v) is 13.4. The fourth-order valence-electron chi connectivity index (χ4n) is 2.28. The summed E-state index contributed by atoms with van der Waals surface area (Å²) in [5, 5.41) is 3.49. The van der Waals surface area contributed by atoms with Crippen LogP contribution in [0.2, 0.25) is 5.02 Å². The molecule has 0 fully saturated rings. The van der Waals surface area contributed by atoms with Crippen LogP contribution >= 0.6 is 11.6 Å². The van der Waals surface area contributed by atoms with Crippen LogP contribution in [0.25, 0.3) is 0 Å². The van der Waals surface area contributed by atoms with E-state index in [2.05, 4.69) is 10.3 Å². The molecule has 0 aliphatic rings. The molecule has 4 nitrogen and oxygen atoms in total. The fraction of sp³-hybridized carbons (Fsp3) is 0.111. The van der Waals surface area contributed by atoms with Crippen LogP contribution in [0.1, 0.15) is 21.5 Å². The van der Waals surface area contributed by atoms with Crippen LogP contribution in [-0.4, -0.2) is 15.5 Å². The zero-order valence-electron chi connectivity index (χ0n) is 12.7. The molecule has 116 valence electrons. The summed E-state index contributed by atoms with van der Waals surface area (Å²) in [5.41, 5.74) is 3.42. The van der Waals surface area contributed by atoms with Crippen LogP contribution in [0, 0.1) is 6.92 Å². The van der Waals surface area contributed by atoms with Crippen molar-refractivity contribution in [3.8, 4) is 0 Å². The van der Waals surface area contributed by atoms with Gasteiger partial charge in [0.2, 0.25) is 0 Å². The smallest absolute Gasteiger partial charge is 0.255 e. The molecular formula is C18H16ClN3O. The largest absolute Gasteiger partial charge is 0.333 e. The lowest BCUT2D eigenvalue weighted by Crippen LogP contribution is -2.12. The normalized spacial score (nSPS) is 10.5. The first-order chi connectivity index (χ1) is 11.1. The predicted octanol–water partition coefficient (Wildman–Crippen LogP) is 4.15. The van der Waals surface area contributed by atoms with Crippen molar-refractivity contribution in [2.45, 2.75) is 13.5 Å². The maximum absolute atomic E-state index is 12.3. The third-order valence-electron chi connectivity index (χ3n) is 3.59. The van der Waals surface area contributed by atoms with Gasteiger partial charge in [0, 0.05) is 35.2 Å². The average molecular weight is 326 g/mol. The third-order valence-corrected chi connectivity index (χ3v) is 3.82. The molecule has 5 heteroatoms. The Morgan fingerprint density at radius 1 is 1.22 bits per heavy atom. The molecule has 0 unspecified atom stereocenters. The van der Waals surface area contributed by atoms with Crippen LogP contribution in [-0.2, 0) is 6.54 Å². The van der Waals surface area contributed by atoms with E-state index in [0.717, 1.165) is 23.4 Å². The summed E-state index contributed by atoms with van der Waals surface area (Å²) in [6.45, 7) is 2.66. The summed E-state index contributed by atoms with van der Waals surface area (Å²) in [6.07, 6.45) is 5.42. The Labute approximate surface area is 139 Å². The molecule has 1 N–H and O–H groups in total. The maximum atomic E-state index is 12.3. The van der Waals surface area contributed by atoms with Crippen molar-refractivity contribution in [2.75, 3.05) is 5.32 Å². The monoisotopic (exact) mass is 325 g/mol. The lowest BCUT2D eigenvalue weighted by Gasteiger charge is -2.09. The van der Waals surface area contributed by atoms with E-state index in [1.54, 1.807) is 24.7 Å². The molecule has 0 saturated carbocycles. The molecule has 0 spiro atoms. The van der Waals surface area contributed by atoms with Crippen molar-refractivity contribution in [2.24, 2.45) is 0 Å². The molecule has 0 aliphatic carbocycles. The van der Waals surface area contributed by atoms with E-state index in [1.807, 2.05) is 48.0 Å². The summed E-state index contributed by atoms with van der Waals surface area (Å²) < 4.78 is 1.98. The van der Waals surface area contributed by atoms with Crippen LogP contribution in [0.4, 0.5) is 5.69 Å². The number of carbonyl (C=O) groups is 1. The van der Waals surface area contributed by atoms with Crippen molar-refractivity contribution in [1.29, 1.82) is 0 Å². The molecule has 1 amide bonds. The Kier molecular flexibility index (Phi) is 4.44. The average Bonchev–Trinajstić information content (AvgIpc) is 3.04. The number of halogens is 1. The van der Waals surface area contributed by atoms with Gasteiger partial charge in [0.25, 0.3) is 5.91 Å². The molecule has 0 radical (unpaired) electrons. The van der Waals surface area contributed by atoms with Crippen LogP contribution in [0.15, 0.2) is 61.2 Å². The number of nitrogens with one attached hydrogen (secondary N) is 1. The molecule has 23 heavy (non-hydrogen) atoms. The second-order valence-corrected chi connectivity index (χ2v) is 5.78. The number of anilines is 1. The Morgan fingerprint density at radius 2 is 2.00 bits per heavy atom. The Morgan fingerprint density at radius 3 is 2.70 bits per heavy atom. The minimum absolute atomic E-state index is 0.149. The molecule has 1 aromatic heterocycles. The van der Waals surface area contributed by atoms with E-state index in [-0.39, 0.29) is 5.91 Å². The number of hydrogen-bond acceptors (Lipinski definition) is 2. The zero-order chi connectivity index (χ0) is 16.2. The van der Waals surface area contributed by atoms with Crippen molar-refractivity contribution in [3.63, 3.8) is 0 Å². The number of aromatic nitrogens is 2. The highest BCUT2D eigenvalue weighted by molar-refractivity contribution is 6.31. The van der Waals surface area contributed by atoms with Crippen LogP contribution in [0.5, 0.6) is 0 Å². The van der Waals surface area contributed by atoms with Gasteiger partial charge in [-0.25, -0.2) is 4.98 Å². The first-order valence-electron chi connectivity index (χ1n) is 7.24. The molecule has 0 aliphatic heterocycles. The molecule has 0 saturated heterocycles. The van der Waals surface area contributed by atoms with Gasteiger partial charge in [-0.3, -0.25) is 4.79 Å². The Hall–Kier alpha value is -2.59. The molecule has 0 atom stereocenters. The fourth-order valence-corrected chi connectivity index (χ4v) is 2.45. The highest BCUT2D eigenvalue weighted by Crippen LogP contribution is 2.21. The highest BCUT2D eigenvalue weighted by Gasteiger charge is 2.08. The van der Waals surface area contributed by atoms with Gasteiger partial charge in [-0.2, -0.15) is 0 Å². The van der Waals surface area contributed by atoms with Gasteiger partial charge in [-0.15, -0.1) is 0 Å². The van der Waals surface area contributed by atoms with Crippen molar-refractivity contribution < 1.29 is 4.79 Å². The lowest BCUT2D eigenvalue weighted by molar-refractivity contribution is 0.102. The number of rotatable bonds is 4. The minimum atomic E-state index is -0.149. The van der Waals surface area contributed by atoms with Crippen LogP contribution < -0.4 is 5.32 Å². The number of benzene rings is 2. The number of hydrogen-bond donors (Lipinski definition) is 1. The van der Waals surface area contributed by atoms with E-state index >= 15 is 0 Å². The van der Waals surface area contributed by atoms with Crippen LogP contribution in [0.3, 0.4) is 0 Å². The quantitative estimate of drug-likeness (QED) is 0.783. The SMILES string of the molecule is Cc1ccc(Cl)cc1NC(=O)c1ccc(Cn2ccnc2)cc1. The number of nitrogens with zero attached hydrogens (tertiary/aromatic N) is 2. The van der Waals surface area contributed by atoms with E-state index in [9.17, 15) is 4.79 Å². The predicted molar refractivity (Wildman–Crippen MR) is 91.9 cm³/mol. The Balaban J connectivity index is 1.71. The summed E-state index contributed by atoms with van der Waals surface area (Å²) in [6, 6.07) is 13.0. The van der Waals surface area contributed by atoms with Gasteiger partial charge in [-0.1, -0.05) is 29.8 Å². The number of imidazole rings is 1. The molecular weight excluding hydrogens is 310 g/mol. The van der Waals surface area contributed by atoms with E-state index in [4.69, 9.17) is 11.6 Å². The second-order valence-electron chi connectivity index (χ2n) is 5.35. The first-order valence-corrected chi connectivity index (χ1v) is 7.62. The molecule has 1 heterocycles. The molecule has 3 rings (SSSR count). The third kappa shape index (κ3) is 3.79. The van der Waals surface area contributed by atoms with Crippen molar-refractivity contribution in [1.82, 2.24) is 9.55 Å². The van der Waals surface area contributed by atoms with Crippen molar-refractivity contribution >= 4 is 23.2 Å². The molecule has 2 aromatic carbocycles. The summed E-state index contributed by atoms with van der Waals surface area (Å²) in [7, 11) is 0. The van der Waals surface area contributed by atoms with Gasteiger partial charge < -0.3 is 9.88 Å². The lowest BCUT2D eigenvalue weighted by atomic mass is 10.1. The molecule has 0 bridgehead atoms. The van der Waals surface area contributed by atoms with E-state index in [0.29, 0.717) is 10.6 Å². The second kappa shape index (κ2) is 6.67. The summed E-state index contributed by atoms with van der Waals surface area (Å²) in [5.74, 6) is -0.149.